The average molecular weight is 353 g/mol. The summed E-state index contributed by atoms with van der Waals surface area (Å²) in [5, 5.41) is 2.74. The molecule has 0 aliphatic carbocycles. The Hall–Kier alpha value is -1.74. The quantitative estimate of drug-likeness (QED) is 0.782. The Kier molecular flexibility index (Phi) is 5.00. The molecule has 8 nitrogen and oxygen atoms in total. The van der Waals surface area contributed by atoms with E-state index in [4.69, 9.17) is 0 Å². The van der Waals surface area contributed by atoms with Gasteiger partial charge in [0.05, 0.1) is 17.1 Å². The van der Waals surface area contributed by atoms with Crippen molar-refractivity contribution in [3.8, 4) is 0 Å². The van der Waals surface area contributed by atoms with Crippen LogP contribution in [0, 0.1) is 0 Å². The van der Waals surface area contributed by atoms with E-state index < -0.39 is 9.84 Å². The monoisotopic (exact) mass is 353 g/mol. The zero-order valence-corrected chi connectivity index (χ0v) is 14.6. The lowest BCUT2D eigenvalue weighted by molar-refractivity contribution is 0.0940. The molecule has 9 heteroatoms. The minimum Gasteiger partial charge on any atom is -0.348 e. The highest BCUT2D eigenvalue weighted by atomic mass is 32.2. The number of anilines is 1. The summed E-state index contributed by atoms with van der Waals surface area (Å²) in [6.45, 7) is 6.91. The largest absolute Gasteiger partial charge is 0.348 e. The molecule has 0 aromatic carbocycles. The third-order valence-corrected chi connectivity index (χ3v) is 6.34. The number of piperazine rings is 1. The molecule has 0 bridgehead atoms. The van der Waals surface area contributed by atoms with Gasteiger partial charge in [-0.25, -0.2) is 18.4 Å². The van der Waals surface area contributed by atoms with Crippen LogP contribution in [0.5, 0.6) is 0 Å². The molecule has 1 N–H and O–H groups in total. The van der Waals surface area contributed by atoms with Crippen molar-refractivity contribution in [3.05, 3.63) is 18.0 Å². The summed E-state index contributed by atoms with van der Waals surface area (Å²) in [6.07, 6.45) is 3.48. The Morgan fingerprint density at radius 2 is 1.92 bits per heavy atom. The molecule has 1 aromatic rings. The van der Waals surface area contributed by atoms with E-state index in [1.54, 1.807) is 0 Å². The SMILES string of the molecule is CCN1CCN(c2ncc(C(=O)NC3CCS(=O)(=O)C3)cn2)CC1. The highest BCUT2D eigenvalue weighted by Gasteiger charge is 2.29. The van der Waals surface area contributed by atoms with E-state index in [2.05, 4.69) is 32.0 Å². The van der Waals surface area contributed by atoms with Gasteiger partial charge in [0.2, 0.25) is 5.95 Å². The lowest BCUT2D eigenvalue weighted by Gasteiger charge is -2.33. The van der Waals surface area contributed by atoms with Gasteiger partial charge in [0.1, 0.15) is 0 Å². The van der Waals surface area contributed by atoms with Crippen molar-refractivity contribution in [3.63, 3.8) is 0 Å². The first-order chi connectivity index (χ1) is 11.5. The third-order valence-electron chi connectivity index (χ3n) is 4.57. The number of nitrogens with one attached hydrogen (secondary N) is 1. The molecule has 2 saturated heterocycles. The van der Waals surface area contributed by atoms with Crippen LogP contribution < -0.4 is 10.2 Å². The van der Waals surface area contributed by atoms with Crippen molar-refractivity contribution < 1.29 is 13.2 Å². The van der Waals surface area contributed by atoms with Crippen molar-refractivity contribution >= 4 is 21.7 Å². The molecule has 1 atom stereocenters. The van der Waals surface area contributed by atoms with Crippen molar-refractivity contribution in [2.24, 2.45) is 0 Å². The first-order valence-corrected chi connectivity index (χ1v) is 10.1. The van der Waals surface area contributed by atoms with Crippen molar-refractivity contribution in [2.75, 3.05) is 49.1 Å². The van der Waals surface area contributed by atoms with Crippen molar-refractivity contribution in [2.45, 2.75) is 19.4 Å². The fourth-order valence-electron chi connectivity index (χ4n) is 3.04. The van der Waals surface area contributed by atoms with Gasteiger partial charge in [-0.1, -0.05) is 6.92 Å². The molecular formula is C15H23N5O3S. The average Bonchev–Trinajstić information content (AvgIpc) is 2.93. The summed E-state index contributed by atoms with van der Waals surface area (Å²) in [5.74, 6) is 0.460. The lowest BCUT2D eigenvalue weighted by Crippen LogP contribution is -2.46. The summed E-state index contributed by atoms with van der Waals surface area (Å²) < 4.78 is 22.9. The Bertz CT molecular complexity index is 684. The third kappa shape index (κ3) is 4.02. The van der Waals surface area contributed by atoms with Crippen LogP contribution in [0.25, 0.3) is 0 Å². The summed E-state index contributed by atoms with van der Waals surface area (Å²) in [4.78, 5) is 25.2. The highest BCUT2D eigenvalue weighted by Crippen LogP contribution is 2.13. The van der Waals surface area contributed by atoms with Gasteiger partial charge < -0.3 is 15.1 Å². The number of amides is 1. The van der Waals surface area contributed by atoms with Gasteiger partial charge in [0.15, 0.2) is 9.84 Å². The van der Waals surface area contributed by atoms with E-state index in [1.807, 2.05) is 0 Å². The Morgan fingerprint density at radius 1 is 1.25 bits per heavy atom. The molecule has 1 amide bonds. The second kappa shape index (κ2) is 7.02. The van der Waals surface area contributed by atoms with Crippen LogP contribution in [-0.4, -0.2) is 79.5 Å². The van der Waals surface area contributed by atoms with E-state index in [-0.39, 0.29) is 23.5 Å². The predicted molar refractivity (Wildman–Crippen MR) is 90.9 cm³/mol. The minimum atomic E-state index is -3.01. The van der Waals surface area contributed by atoms with E-state index in [0.29, 0.717) is 17.9 Å². The molecule has 2 fully saturated rings. The Labute approximate surface area is 142 Å². The number of likely N-dealkylation sites (N-methyl/N-ethyl adjacent to an activating group) is 1. The molecule has 0 radical (unpaired) electrons. The van der Waals surface area contributed by atoms with Crippen LogP contribution in [0.1, 0.15) is 23.7 Å². The molecule has 0 spiro atoms. The highest BCUT2D eigenvalue weighted by molar-refractivity contribution is 7.91. The fourth-order valence-corrected chi connectivity index (χ4v) is 4.72. The maximum absolute atomic E-state index is 12.2. The number of aromatic nitrogens is 2. The van der Waals surface area contributed by atoms with Crippen LogP contribution in [0.2, 0.25) is 0 Å². The predicted octanol–water partition coefficient (Wildman–Crippen LogP) is -0.465. The van der Waals surface area contributed by atoms with E-state index in [0.717, 1.165) is 32.7 Å². The second-order valence-corrected chi connectivity index (χ2v) is 8.50. The van der Waals surface area contributed by atoms with Gasteiger partial charge in [0, 0.05) is 44.6 Å². The summed E-state index contributed by atoms with van der Waals surface area (Å²) in [7, 11) is -3.01. The maximum atomic E-state index is 12.2. The van der Waals surface area contributed by atoms with Crippen LogP contribution in [0.3, 0.4) is 0 Å². The molecule has 3 heterocycles. The van der Waals surface area contributed by atoms with Gasteiger partial charge in [-0.05, 0) is 13.0 Å². The smallest absolute Gasteiger partial charge is 0.254 e. The van der Waals surface area contributed by atoms with Crippen molar-refractivity contribution in [1.82, 2.24) is 20.2 Å². The number of hydrogen-bond donors (Lipinski definition) is 1. The normalized spacial score (nSPS) is 24.0. The standard InChI is InChI=1S/C15H23N5O3S/c1-2-19-4-6-20(7-5-19)15-16-9-12(10-17-15)14(21)18-13-3-8-24(22,23)11-13/h9-10,13H,2-8,11H2,1H3,(H,18,21). The van der Waals surface area contributed by atoms with Crippen LogP contribution in [0.15, 0.2) is 12.4 Å². The molecule has 1 aromatic heterocycles. The molecule has 2 aliphatic heterocycles. The van der Waals surface area contributed by atoms with Gasteiger partial charge in [-0.15, -0.1) is 0 Å². The Morgan fingerprint density at radius 3 is 2.46 bits per heavy atom. The number of carbonyl (C=O) groups excluding carboxylic acids is 1. The van der Waals surface area contributed by atoms with Crippen LogP contribution >= 0.6 is 0 Å². The molecular weight excluding hydrogens is 330 g/mol. The fraction of sp³-hybridized carbons (Fsp3) is 0.667. The van der Waals surface area contributed by atoms with E-state index in [1.165, 1.54) is 12.4 Å². The summed E-state index contributed by atoms with van der Waals surface area (Å²) in [5.41, 5.74) is 0.357. The minimum absolute atomic E-state index is 0.0133. The Balaban J connectivity index is 1.57. The number of nitrogens with zero attached hydrogens (tertiary/aromatic N) is 4. The maximum Gasteiger partial charge on any atom is 0.254 e. The molecule has 0 saturated carbocycles. The molecule has 1 unspecified atom stereocenters. The number of sulfone groups is 1. The zero-order chi connectivity index (χ0) is 17.2. The summed E-state index contributed by atoms with van der Waals surface area (Å²) >= 11 is 0. The number of carbonyl (C=O) groups is 1. The van der Waals surface area contributed by atoms with Gasteiger partial charge in [-0.3, -0.25) is 4.79 Å². The molecule has 3 rings (SSSR count). The number of hydrogen-bond acceptors (Lipinski definition) is 7. The lowest BCUT2D eigenvalue weighted by atomic mass is 10.2. The van der Waals surface area contributed by atoms with Gasteiger partial charge in [0.25, 0.3) is 5.91 Å². The second-order valence-electron chi connectivity index (χ2n) is 6.27. The first kappa shape index (κ1) is 17.1. The van der Waals surface area contributed by atoms with Crippen LogP contribution in [0.4, 0.5) is 5.95 Å². The van der Waals surface area contributed by atoms with Crippen molar-refractivity contribution in [1.29, 1.82) is 0 Å². The topological polar surface area (TPSA) is 95.5 Å². The van der Waals surface area contributed by atoms with E-state index in [9.17, 15) is 13.2 Å². The zero-order valence-electron chi connectivity index (χ0n) is 13.8. The van der Waals surface area contributed by atoms with E-state index >= 15 is 0 Å². The molecule has 132 valence electrons. The van der Waals surface area contributed by atoms with Crippen LogP contribution in [-0.2, 0) is 9.84 Å². The molecule has 24 heavy (non-hydrogen) atoms. The summed E-state index contributed by atoms with van der Waals surface area (Å²) in [6, 6.07) is -0.315. The number of rotatable bonds is 4. The first-order valence-electron chi connectivity index (χ1n) is 8.27. The molecule has 2 aliphatic rings. The van der Waals surface area contributed by atoms with Gasteiger partial charge in [-0.2, -0.15) is 0 Å². The van der Waals surface area contributed by atoms with Gasteiger partial charge >= 0.3 is 0 Å².